The van der Waals surface area contributed by atoms with Crippen LogP contribution in [0, 0.1) is 10.1 Å². The predicted octanol–water partition coefficient (Wildman–Crippen LogP) is 4.05. The highest BCUT2D eigenvalue weighted by molar-refractivity contribution is 6.32. The van der Waals surface area contributed by atoms with Crippen molar-refractivity contribution in [3.8, 4) is 17.2 Å². The van der Waals surface area contributed by atoms with Gasteiger partial charge in [0.05, 0.1) is 36.1 Å². The van der Waals surface area contributed by atoms with E-state index in [2.05, 4.69) is 15.8 Å². The van der Waals surface area contributed by atoms with Gasteiger partial charge in [-0.3, -0.25) is 19.7 Å². The number of hydrogen-bond acceptors (Lipinski definition) is 8. The zero-order chi connectivity index (χ0) is 26.1. The second kappa shape index (κ2) is 12.2. The quantitative estimate of drug-likeness (QED) is 0.237. The van der Waals surface area contributed by atoms with Crippen LogP contribution in [-0.2, 0) is 4.79 Å². The lowest BCUT2D eigenvalue weighted by Gasteiger charge is -2.14. The maximum atomic E-state index is 12.3. The number of para-hydroxylation sites is 2. The molecule has 11 nitrogen and oxygen atoms in total. The molecule has 0 fully saturated rings. The average Bonchev–Trinajstić information content (AvgIpc) is 2.88. The van der Waals surface area contributed by atoms with Crippen LogP contribution < -0.4 is 25.0 Å². The van der Waals surface area contributed by atoms with Crippen LogP contribution in [0.1, 0.15) is 15.9 Å². The Morgan fingerprint density at radius 2 is 1.81 bits per heavy atom. The number of anilines is 1. The molecule has 3 aromatic rings. The summed E-state index contributed by atoms with van der Waals surface area (Å²) in [7, 11) is 2.90. The predicted molar refractivity (Wildman–Crippen MR) is 133 cm³/mol. The van der Waals surface area contributed by atoms with Gasteiger partial charge in [-0.05, 0) is 35.9 Å². The number of nitrogens with one attached hydrogen (secondary N) is 2. The fourth-order valence-electron chi connectivity index (χ4n) is 3.02. The maximum absolute atomic E-state index is 12.3. The molecule has 0 spiro atoms. The number of carbonyl (C=O) groups excluding carboxylic acids is 2. The number of non-ortho nitro benzene ring substituents is 1. The van der Waals surface area contributed by atoms with Gasteiger partial charge in [-0.15, -0.1) is 0 Å². The maximum Gasteiger partial charge on any atom is 0.271 e. The second-order valence-electron chi connectivity index (χ2n) is 7.08. The molecule has 2 amide bonds. The fraction of sp³-hybridized carbons (Fsp3) is 0.125. The molecule has 0 bridgehead atoms. The lowest BCUT2D eigenvalue weighted by molar-refractivity contribution is -0.384. The van der Waals surface area contributed by atoms with Gasteiger partial charge in [0.2, 0.25) is 0 Å². The van der Waals surface area contributed by atoms with Crippen molar-refractivity contribution in [2.24, 2.45) is 5.10 Å². The van der Waals surface area contributed by atoms with Crippen LogP contribution >= 0.6 is 11.6 Å². The van der Waals surface area contributed by atoms with Crippen LogP contribution in [-0.4, -0.2) is 43.8 Å². The fourth-order valence-corrected chi connectivity index (χ4v) is 3.29. The van der Waals surface area contributed by atoms with E-state index in [1.807, 2.05) is 0 Å². The Morgan fingerprint density at radius 3 is 2.53 bits per heavy atom. The van der Waals surface area contributed by atoms with E-state index in [1.54, 1.807) is 30.3 Å². The molecular formula is C24H21ClN4O7. The average molecular weight is 513 g/mol. The minimum Gasteiger partial charge on any atom is -0.495 e. The van der Waals surface area contributed by atoms with E-state index in [0.717, 1.165) is 6.07 Å². The summed E-state index contributed by atoms with van der Waals surface area (Å²) in [6.07, 6.45) is 1.31. The summed E-state index contributed by atoms with van der Waals surface area (Å²) in [5, 5.41) is 17.6. The van der Waals surface area contributed by atoms with E-state index in [9.17, 15) is 19.7 Å². The first-order chi connectivity index (χ1) is 17.3. The molecule has 3 rings (SSSR count). The number of hydrogen-bond donors (Lipinski definition) is 2. The van der Waals surface area contributed by atoms with Crippen LogP contribution in [0.15, 0.2) is 65.8 Å². The lowest BCUT2D eigenvalue weighted by atomic mass is 10.2. The topological polar surface area (TPSA) is 141 Å². The van der Waals surface area contributed by atoms with Crippen LogP contribution in [0.25, 0.3) is 0 Å². The summed E-state index contributed by atoms with van der Waals surface area (Å²) < 4.78 is 16.1. The Hall–Kier alpha value is -4.64. The zero-order valence-electron chi connectivity index (χ0n) is 19.2. The van der Waals surface area contributed by atoms with Gasteiger partial charge in [-0.2, -0.15) is 5.10 Å². The number of benzene rings is 3. The third-order valence-corrected chi connectivity index (χ3v) is 4.96. The van der Waals surface area contributed by atoms with E-state index >= 15 is 0 Å². The molecule has 186 valence electrons. The summed E-state index contributed by atoms with van der Waals surface area (Å²) in [6, 6.07) is 15.2. The van der Waals surface area contributed by atoms with Gasteiger partial charge in [0, 0.05) is 17.7 Å². The number of hydrazone groups is 1. The molecule has 0 saturated carbocycles. The van der Waals surface area contributed by atoms with Crippen molar-refractivity contribution < 1.29 is 28.7 Å². The summed E-state index contributed by atoms with van der Waals surface area (Å²) in [5.74, 6) is -0.185. The SMILES string of the molecule is COc1ccccc1NC(=O)COc1c(Cl)cc(/C=N/NC(=O)c2cccc([N+](=O)[O-])c2)cc1OC. The molecule has 0 unspecified atom stereocenters. The number of nitrogens with zero attached hydrogens (tertiary/aromatic N) is 2. The number of rotatable bonds is 10. The van der Waals surface area contributed by atoms with Crippen molar-refractivity contribution in [1.29, 1.82) is 0 Å². The molecule has 3 aromatic carbocycles. The number of amides is 2. The summed E-state index contributed by atoms with van der Waals surface area (Å²) in [4.78, 5) is 34.8. The van der Waals surface area contributed by atoms with Crippen molar-refractivity contribution in [1.82, 2.24) is 5.43 Å². The molecular weight excluding hydrogens is 492 g/mol. The van der Waals surface area contributed by atoms with Crippen LogP contribution in [0.3, 0.4) is 0 Å². The molecule has 2 N–H and O–H groups in total. The third-order valence-electron chi connectivity index (χ3n) is 4.68. The van der Waals surface area contributed by atoms with E-state index in [4.69, 9.17) is 25.8 Å². The first-order valence-electron chi connectivity index (χ1n) is 10.3. The van der Waals surface area contributed by atoms with Gasteiger partial charge < -0.3 is 19.5 Å². The van der Waals surface area contributed by atoms with Crippen molar-refractivity contribution in [2.45, 2.75) is 0 Å². The van der Waals surface area contributed by atoms with Crippen molar-refractivity contribution >= 4 is 41.0 Å². The Balaban J connectivity index is 1.64. The number of carbonyl (C=O) groups is 2. The minimum absolute atomic E-state index is 0.0760. The summed E-state index contributed by atoms with van der Waals surface area (Å²) >= 11 is 6.32. The van der Waals surface area contributed by atoms with Gasteiger partial charge in [-0.1, -0.05) is 29.8 Å². The largest absolute Gasteiger partial charge is 0.495 e. The van der Waals surface area contributed by atoms with Gasteiger partial charge in [0.1, 0.15) is 5.75 Å². The highest BCUT2D eigenvalue weighted by atomic mass is 35.5. The van der Waals surface area contributed by atoms with E-state index < -0.39 is 16.7 Å². The third kappa shape index (κ3) is 6.70. The lowest BCUT2D eigenvalue weighted by Crippen LogP contribution is -2.20. The molecule has 0 heterocycles. The monoisotopic (exact) mass is 512 g/mol. The number of halogens is 1. The molecule has 12 heteroatoms. The Bertz CT molecular complexity index is 1310. The van der Waals surface area contributed by atoms with Gasteiger partial charge >= 0.3 is 0 Å². The van der Waals surface area contributed by atoms with Gasteiger partial charge in [-0.25, -0.2) is 5.43 Å². The van der Waals surface area contributed by atoms with Crippen molar-refractivity contribution in [3.63, 3.8) is 0 Å². The van der Waals surface area contributed by atoms with E-state index in [-0.39, 0.29) is 34.4 Å². The normalized spacial score (nSPS) is 10.5. The van der Waals surface area contributed by atoms with Crippen LogP contribution in [0.4, 0.5) is 11.4 Å². The van der Waals surface area contributed by atoms with E-state index in [1.165, 1.54) is 44.7 Å². The molecule has 36 heavy (non-hydrogen) atoms. The van der Waals surface area contributed by atoms with Crippen LogP contribution in [0.5, 0.6) is 17.2 Å². The van der Waals surface area contributed by atoms with Gasteiger partial charge in [0.25, 0.3) is 17.5 Å². The van der Waals surface area contributed by atoms with Gasteiger partial charge in [0.15, 0.2) is 18.1 Å². The first kappa shape index (κ1) is 26.0. The molecule has 0 atom stereocenters. The zero-order valence-corrected chi connectivity index (χ0v) is 19.9. The Labute approximate surface area is 210 Å². The Kier molecular flexibility index (Phi) is 8.79. The molecule has 0 saturated heterocycles. The van der Waals surface area contributed by atoms with Crippen LogP contribution in [0.2, 0.25) is 5.02 Å². The van der Waals surface area contributed by atoms with Crippen molar-refractivity contribution in [3.05, 3.63) is 86.9 Å². The molecule has 0 aromatic heterocycles. The molecule has 0 aliphatic rings. The number of methoxy groups -OCH3 is 2. The first-order valence-corrected chi connectivity index (χ1v) is 10.7. The molecule has 0 radical (unpaired) electrons. The molecule has 0 aliphatic carbocycles. The standard InChI is InChI=1S/C24H21ClN4O7/c1-34-20-9-4-3-8-19(20)27-22(30)14-36-23-18(25)10-15(11-21(23)35-2)13-26-28-24(31)16-6-5-7-17(12-16)29(32)33/h3-13H,14H2,1-2H3,(H,27,30)(H,28,31)/b26-13+. The number of nitro benzene ring substituents is 1. The number of ether oxygens (including phenoxy) is 3. The van der Waals surface area contributed by atoms with E-state index in [0.29, 0.717) is 17.0 Å². The molecule has 0 aliphatic heterocycles. The van der Waals surface area contributed by atoms with Crippen molar-refractivity contribution in [2.75, 3.05) is 26.1 Å². The Morgan fingerprint density at radius 1 is 1.06 bits per heavy atom. The highest BCUT2D eigenvalue weighted by Crippen LogP contribution is 2.36. The summed E-state index contributed by atoms with van der Waals surface area (Å²) in [5.41, 5.74) is 3.10. The smallest absolute Gasteiger partial charge is 0.271 e. The second-order valence-corrected chi connectivity index (χ2v) is 7.49. The summed E-state index contributed by atoms with van der Waals surface area (Å²) in [6.45, 7) is -0.346. The number of nitro groups is 1. The minimum atomic E-state index is -0.631. The highest BCUT2D eigenvalue weighted by Gasteiger charge is 2.15.